The van der Waals surface area contributed by atoms with Gasteiger partial charge in [0.05, 0.1) is 29.7 Å². The number of carbonyl (C=O) groups excluding carboxylic acids is 1. The highest BCUT2D eigenvalue weighted by molar-refractivity contribution is 7.89. The Labute approximate surface area is 221 Å². The summed E-state index contributed by atoms with van der Waals surface area (Å²) >= 11 is 18.7. The van der Waals surface area contributed by atoms with Gasteiger partial charge in [0.15, 0.2) is 16.3 Å². The Morgan fingerprint density at radius 3 is 2.42 bits per heavy atom. The quantitative estimate of drug-likeness (QED) is 0.404. The summed E-state index contributed by atoms with van der Waals surface area (Å²) in [6.07, 6.45) is 0. The normalized spacial score (nSPS) is 15.4. The first kappa shape index (κ1) is 26.5. The molecule has 1 aromatic heterocycles. The largest absolute Gasteiger partial charge is 0.462 e. The van der Waals surface area contributed by atoms with Crippen LogP contribution in [0.3, 0.4) is 0 Å². The lowest BCUT2D eigenvalue weighted by Crippen LogP contribution is -2.63. The zero-order chi connectivity index (χ0) is 26.3. The molecule has 36 heavy (non-hydrogen) atoms. The van der Waals surface area contributed by atoms with Gasteiger partial charge < -0.3 is 14.0 Å². The van der Waals surface area contributed by atoms with Gasteiger partial charge in [-0.25, -0.2) is 13.2 Å². The lowest BCUT2D eigenvalue weighted by atomic mass is 9.89. The molecule has 0 amide bonds. The maximum Gasteiger partial charge on any atom is 0.344 e. The van der Waals surface area contributed by atoms with Gasteiger partial charge >= 0.3 is 5.97 Å². The van der Waals surface area contributed by atoms with Gasteiger partial charge in [-0.15, -0.1) is 0 Å². The summed E-state index contributed by atoms with van der Waals surface area (Å²) in [5.74, 6) is -0.841. The van der Waals surface area contributed by atoms with Crippen LogP contribution < -0.4 is 5.18 Å². The van der Waals surface area contributed by atoms with Gasteiger partial charge in [-0.2, -0.15) is 4.31 Å². The zero-order valence-corrected chi connectivity index (χ0v) is 22.0. The Hall–Kier alpha value is -2.54. The first-order valence-corrected chi connectivity index (χ1v) is 13.0. The van der Waals surface area contributed by atoms with Gasteiger partial charge in [0.2, 0.25) is 10.0 Å². The minimum absolute atomic E-state index is 0.00579. The number of esters is 1. The van der Waals surface area contributed by atoms with E-state index in [4.69, 9.17) is 48.8 Å². The second kappa shape index (κ2) is 10.1. The predicted octanol–water partition coefficient (Wildman–Crippen LogP) is 3.50. The molecule has 1 N–H and O–H groups in total. The molecule has 2 aromatic carbocycles. The van der Waals surface area contributed by atoms with Crippen LogP contribution in [-0.2, 0) is 25.1 Å². The van der Waals surface area contributed by atoms with Gasteiger partial charge in [-0.1, -0.05) is 52.1 Å². The first-order chi connectivity index (χ1) is 17.1. The topological polar surface area (TPSA) is 130 Å². The molecule has 0 radical (unpaired) electrons. The summed E-state index contributed by atoms with van der Waals surface area (Å²) in [5.41, 5.74) is -1.41. The second-order valence-electron chi connectivity index (χ2n) is 7.77. The van der Waals surface area contributed by atoms with Crippen LogP contribution in [0.15, 0.2) is 45.8 Å². The van der Waals surface area contributed by atoms with E-state index < -0.39 is 21.6 Å². The van der Waals surface area contributed by atoms with E-state index in [2.05, 4.69) is 5.16 Å². The fourth-order valence-electron chi connectivity index (χ4n) is 3.91. The molecule has 0 bridgehead atoms. The van der Waals surface area contributed by atoms with Crippen molar-refractivity contribution < 1.29 is 32.4 Å². The summed E-state index contributed by atoms with van der Waals surface area (Å²) in [6, 6.07) is 8.55. The van der Waals surface area contributed by atoms with E-state index >= 15 is 0 Å². The maximum absolute atomic E-state index is 13.2. The van der Waals surface area contributed by atoms with E-state index in [1.54, 1.807) is 12.1 Å². The van der Waals surface area contributed by atoms with Crippen molar-refractivity contribution in [1.82, 2.24) is 9.46 Å². The van der Waals surface area contributed by atoms with Crippen LogP contribution in [-0.4, -0.2) is 50.7 Å². The molecule has 1 fully saturated rings. The van der Waals surface area contributed by atoms with Crippen molar-refractivity contribution in [3.63, 3.8) is 0 Å². The van der Waals surface area contributed by atoms with E-state index in [9.17, 15) is 18.1 Å². The molecule has 0 aliphatic carbocycles. The number of ether oxygens (including phenoxy) is 2. The van der Waals surface area contributed by atoms with Gasteiger partial charge in [-0.3, -0.25) is 0 Å². The van der Waals surface area contributed by atoms with Gasteiger partial charge in [0.1, 0.15) is 11.3 Å². The number of hydrogen-bond acceptors (Lipinski definition) is 8. The Balaban J connectivity index is 1.79. The minimum Gasteiger partial charge on any atom is -0.462 e. The highest BCUT2D eigenvalue weighted by Gasteiger charge is 2.56. The number of methoxy groups -OCH3 is 1. The van der Waals surface area contributed by atoms with Crippen molar-refractivity contribution >= 4 is 56.5 Å². The number of hydrogen-bond donors (Lipinski definition) is 1. The monoisotopic (exact) mass is 574 g/mol. The van der Waals surface area contributed by atoms with Gasteiger partial charge in [-0.05, 0) is 25.1 Å². The van der Waals surface area contributed by atoms with Crippen molar-refractivity contribution in [2.24, 2.45) is 0 Å². The molecule has 1 saturated heterocycles. The standard InChI is InChI=1S/C22H18Cl3N3O7S/c1-3-34-21(29)18-19(17-13(24)8-12(23)9-14(17)25)27-35-20(18)22(33-2)10-28(11-22)36(31,32)16-7-5-4-6-15(16)26-30/h4-9H,3,10-11H2,1-2H3/p+1. The number of aromatic nitrogens is 1. The third-order valence-corrected chi connectivity index (χ3v) is 8.36. The number of carbonyl (C=O) groups is 1. The summed E-state index contributed by atoms with van der Waals surface area (Å²) in [5, 5.41) is 6.16. The molecule has 0 saturated carbocycles. The summed E-state index contributed by atoms with van der Waals surface area (Å²) < 4.78 is 43.9. The van der Waals surface area contributed by atoms with E-state index in [-0.39, 0.29) is 67.9 Å². The van der Waals surface area contributed by atoms with Crippen LogP contribution in [0, 0.1) is 4.91 Å². The number of nitrogens with zero attached hydrogens (tertiary/aromatic N) is 2. The van der Waals surface area contributed by atoms with Gasteiger partial charge in [0, 0.05) is 33.8 Å². The molecule has 190 valence electrons. The molecular weight excluding hydrogens is 557 g/mol. The van der Waals surface area contributed by atoms with E-state index in [0.717, 1.165) is 4.31 Å². The van der Waals surface area contributed by atoms with Crippen LogP contribution in [0.5, 0.6) is 0 Å². The summed E-state index contributed by atoms with van der Waals surface area (Å²) in [6.45, 7) is 1.20. The lowest BCUT2D eigenvalue weighted by Gasteiger charge is -2.46. The van der Waals surface area contributed by atoms with E-state index in [1.165, 1.54) is 43.5 Å². The Morgan fingerprint density at radius 1 is 1.19 bits per heavy atom. The molecule has 1 aliphatic heterocycles. The average molecular weight is 576 g/mol. The number of rotatable bonds is 8. The molecule has 0 spiro atoms. The Morgan fingerprint density at radius 2 is 1.83 bits per heavy atom. The van der Waals surface area contributed by atoms with E-state index in [0.29, 0.717) is 0 Å². The third kappa shape index (κ3) is 4.40. The molecule has 4 rings (SSSR count). The zero-order valence-electron chi connectivity index (χ0n) is 18.9. The number of nitrogens with one attached hydrogen (secondary N) is 1. The molecular formula is C22H19Cl3N3O7S+. The molecule has 1 aliphatic rings. The molecule has 0 atom stereocenters. The van der Waals surface area contributed by atoms with Crippen LogP contribution in [0.1, 0.15) is 23.0 Å². The Bertz CT molecular complexity index is 1430. The maximum atomic E-state index is 13.2. The van der Waals surface area contributed by atoms with Crippen molar-refractivity contribution in [3.8, 4) is 11.3 Å². The second-order valence-corrected chi connectivity index (χ2v) is 10.9. The highest BCUT2D eigenvalue weighted by Crippen LogP contribution is 2.45. The van der Waals surface area contributed by atoms with Crippen molar-refractivity contribution in [2.75, 3.05) is 26.8 Å². The molecule has 3 aromatic rings. The van der Waals surface area contributed by atoms with Crippen LogP contribution in [0.4, 0.5) is 5.69 Å². The summed E-state index contributed by atoms with van der Waals surface area (Å²) in [7, 11) is -2.74. The number of nitroso groups, excluding NO2 is 1. The first-order valence-electron chi connectivity index (χ1n) is 10.4. The molecule has 14 heteroatoms. The smallest absolute Gasteiger partial charge is 0.344 e. The third-order valence-electron chi connectivity index (χ3n) is 5.70. The number of benzene rings is 2. The average Bonchev–Trinajstić information content (AvgIpc) is 3.23. The highest BCUT2D eigenvalue weighted by atomic mass is 35.5. The van der Waals surface area contributed by atoms with Crippen molar-refractivity contribution in [2.45, 2.75) is 17.4 Å². The van der Waals surface area contributed by atoms with Crippen molar-refractivity contribution in [3.05, 3.63) is 67.7 Å². The number of para-hydroxylation sites is 1. The molecule has 2 heterocycles. The van der Waals surface area contributed by atoms with Gasteiger partial charge in [0.25, 0.3) is 5.69 Å². The fraction of sp³-hybridized carbons (Fsp3) is 0.273. The van der Waals surface area contributed by atoms with Crippen LogP contribution >= 0.6 is 34.8 Å². The lowest BCUT2D eigenvalue weighted by molar-refractivity contribution is -0.382. The number of halogens is 3. The number of sulfonamides is 1. The predicted molar refractivity (Wildman–Crippen MR) is 131 cm³/mol. The SMILES string of the molecule is CCOC(=O)c1c(-c2c(Cl)cc(Cl)cc2Cl)noc1C1(OC)CN(S(=O)(=O)c2ccccc2[NH+]=O)C1. The van der Waals surface area contributed by atoms with Crippen molar-refractivity contribution in [1.29, 1.82) is 0 Å². The molecule has 10 nitrogen and oxygen atoms in total. The summed E-state index contributed by atoms with van der Waals surface area (Å²) in [4.78, 5) is 24.1. The van der Waals surface area contributed by atoms with E-state index in [1.807, 2.05) is 0 Å². The Kier molecular flexibility index (Phi) is 7.42. The van der Waals surface area contributed by atoms with Crippen LogP contribution in [0.2, 0.25) is 15.1 Å². The van der Waals surface area contributed by atoms with Crippen LogP contribution in [0.25, 0.3) is 11.3 Å². The fourth-order valence-corrected chi connectivity index (χ4v) is 6.58. The molecule has 0 unspecified atom stereocenters. The minimum atomic E-state index is -4.09.